The van der Waals surface area contributed by atoms with Gasteiger partial charge in [-0.3, -0.25) is 14.9 Å². The van der Waals surface area contributed by atoms with E-state index in [2.05, 4.69) is 19.2 Å². The van der Waals surface area contributed by atoms with Crippen LogP contribution in [0.5, 0.6) is 11.5 Å². The largest absolute Gasteiger partial charge is 0.493 e. The molecule has 156 valence electrons. The number of carbonyl (C=O) groups excluding carboxylic acids is 1. The van der Waals surface area contributed by atoms with Crippen molar-refractivity contribution < 1.29 is 19.2 Å². The molecule has 0 saturated heterocycles. The van der Waals surface area contributed by atoms with E-state index >= 15 is 0 Å². The lowest BCUT2D eigenvalue weighted by atomic mass is 9.98. The summed E-state index contributed by atoms with van der Waals surface area (Å²) in [5, 5.41) is 23.5. The minimum Gasteiger partial charge on any atom is -0.493 e. The molecule has 8 heteroatoms. The SMILES string of the molecule is CC[C@@H](C)c1ccc(NC(=O)/C(C#N)=C/c2cc(OC)c(OC)cc2[N+](=O)[O-])cc1. The molecular formula is C22H23N3O5. The van der Waals surface area contributed by atoms with E-state index in [0.717, 1.165) is 18.1 Å². The number of ether oxygens (including phenoxy) is 2. The standard InChI is InChI=1S/C22H23N3O5/c1-5-14(2)15-6-8-18(9-7-15)24-22(26)17(13-23)10-16-11-20(29-3)21(30-4)12-19(16)25(27)28/h6-12,14H,5H2,1-4H3,(H,24,26)/b17-10+/t14-/m1/s1. The third-order valence-corrected chi connectivity index (χ3v) is 4.74. The van der Waals surface area contributed by atoms with Crippen molar-refractivity contribution in [1.82, 2.24) is 0 Å². The number of nitrogens with zero attached hydrogens (tertiary/aromatic N) is 2. The summed E-state index contributed by atoms with van der Waals surface area (Å²) in [5.41, 5.74) is 1.13. The van der Waals surface area contributed by atoms with Crippen molar-refractivity contribution in [2.24, 2.45) is 0 Å². The van der Waals surface area contributed by atoms with Crippen molar-refractivity contribution in [2.45, 2.75) is 26.2 Å². The summed E-state index contributed by atoms with van der Waals surface area (Å²) in [7, 11) is 2.75. The summed E-state index contributed by atoms with van der Waals surface area (Å²) in [6, 6.07) is 11.7. The fraction of sp³-hybridized carbons (Fsp3) is 0.273. The Kier molecular flexibility index (Phi) is 7.53. The van der Waals surface area contributed by atoms with Gasteiger partial charge in [-0.1, -0.05) is 26.0 Å². The highest BCUT2D eigenvalue weighted by Crippen LogP contribution is 2.35. The van der Waals surface area contributed by atoms with Crippen molar-refractivity contribution in [3.63, 3.8) is 0 Å². The molecule has 1 N–H and O–H groups in total. The van der Waals surface area contributed by atoms with Crippen LogP contribution in [0.2, 0.25) is 0 Å². The zero-order valence-electron chi connectivity index (χ0n) is 17.3. The third-order valence-electron chi connectivity index (χ3n) is 4.74. The molecule has 8 nitrogen and oxygen atoms in total. The number of benzene rings is 2. The normalized spacial score (nSPS) is 11.9. The van der Waals surface area contributed by atoms with Gasteiger partial charge in [-0.05, 0) is 42.2 Å². The van der Waals surface area contributed by atoms with Crippen LogP contribution in [0.1, 0.15) is 37.3 Å². The number of hydrogen-bond donors (Lipinski definition) is 1. The summed E-state index contributed by atoms with van der Waals surface area (Å²) in [6.07, 6.45) is 2.15. The van der Waals surface area contributed by atoms with Gasteiger partial charge in [-0.2, -0.15) is 5.26 Å². The van der Waals surface area contributed by atoms with Crippen molar-refractivity contribution in [1.29, 1.82) is 5.26 Å². The molecule has 0 aliphatic heterocycles. The number of anilines is 1. The topological polar surface area (TPSA) is 114 Å². The number of nitro benzene ring substituents is 1. The van der Waals surface area contributed by atoms with Crippen molar-refractivity contribution >= 4 is 23.4 Å². The summed E-state index contributed by atoms with van der Waals surface area (Å²) in [4.78, 5) is 23.4. The molecule has 0 heterocycles. The van der Waals surface area contributed by atoms with Gasteiger partial charge in [0.1, 0.15) is 11.6 Å². The molecule has 0 spiro atoms. The van der Waals surface area contributed by atoms with Gasteiger partial charge >= 0.3 is 0 Å². The van der Waals surface area contributed by atoms with Gasteiger partial charge in [0.15, 0.2) is 11.5 Å². The number of nitrogens with one attached hydrogen (secondary N) is 1. The average Bonchev–Trinajstić information content (AvgIpc) is 2.76. The lowest BCUT2D eigenvalue weighted by Gasteiger charge is -2.11. The van der Waals surface area contributed by atoms with E-state index in [1.165, 1.54) is 26.4 Å². The van der Waals surface area contributed by atoms with E-state index in [9.17, 15) is 20.2 Å². The van der Waals surface area contributed by atoms with E-state index in [4.69, 9.17) is 9.47 Å². The monoisotopic (exact) mass is 409 g/mol. The van der Waals surface area contributed by atoms with Crippen LogP contribution in [0.15, 0.2) is 42.0 Å². The Hall–Kier alpha value is -3.86. The van der Waals surface area contributed by atoms with Crippen molar-refractivity contribution in [3.8, 4) is 17.6 Å². The molecule has 2 aromatic carbocycles. The lowest BCUT2D eigenvalue weighted by molar-refractivity contribution is -0.385. The molecule has 0 fully saturated rings. The first-order chi connectivity index (χ1) is 14.3. The van der Waals surface area contributed by atoms with Crippen LogP contribution < -0.4 is 14.8 Å². The first kappa shape index (κ1) is 22.4. The van der Waals surface area contributed by atoms with Crippen LogP contribution in [0.25, 0.3) is 6.08 Å². The van der Waals surface area contributed by atoms with Gasteiger partial charge in [0, 0.05) is 5.69 Å². The fourth-order valence-corrected chi connectivity index (χ4v) is 2.79. The summed E-state index contributed by atoms with van der Waals surface area (Å²) in [5.74, 6) is 0.145. The first-order valence-corrected chi connectivity index (χ1v) is 9.28. The quantitative estimate of drug-likeness (QED) is 0.293. The molecule has 0 aliphatic carbocycles. The van der Waals surface area contributed by atoms with E-state index < -0.39 is 10.8 Å². The van der Waals surface area contributed by atoms with Crippen molar-refractivity contribution in [2.75, 3.05) is 19.5 Å². The van der Waals surface area contributed by atoms with Gasteiger partial charge in [0.2, 0.25) is 0 Å². The molecule has 30 heavy (non-hydrogen) atoms. The Morgan fingerprint density at radius 3 is 2.33 bits per heavy atom. The number of methoxy groups -OCH3 is 2. The minimum absolute atomic E-state index is 0.0523. The molecule has 1 amide bonds. The highest BCUT2D eigenvalue weighted by atomic mass is 16.6. The molecule has 0 saturated carbocycles. The van der Waals surface area contributed by atoms with Gasteiger partial charge < -0.3 is 14.8 Å². The van der Waals surface area contributed by atoms with Gasteiger partial charge in [-0.15, -0.1) is 0 Å². The molecule has 2 rings (SSSR count). The highest BCUT2D eigenvalue weighted by molar-refractivity contribution is 6.10. The van der Waals surface area contributed by atoms with Crippen LogP contribution in [-0.4, -0.2) is 25.1 Å². The molecule has 0 aliphatic rings. The molecule has 0 unspecified atom stereocenters. The molecule has 0 radical (unpaired) electrons. The smallest absolute Gasteiger partial charge is 0.280 e. The Bertz CT molecular complexity index is 1010. The Balaban J connectivity index is 2.36. The first-order valence-electron chi connectivity index (χ1n) is 9.28. The molecule has 2 aromatic rings. The van der Waals surface area contributed by atoms with E-state index in [-0.39, 0.29) is 28.3 Å². The van der Waals surface area contributed by atoms with Crippen LogP contribution in [0.4, 0.5) is 11.4 Å². The summed E-state index contributed by atoms with van der Waals surface area (Å²) in [6.45, 7) is 4.21. The summed E-state index contributed by atoms with van der Waals surface area (Å²) < 4.78 is 10.2. The number of amides is 1. The predicted octanol–water partition coefficient (Wildman–Crippen LogP) is 4.67. The number of nitro groups is 1. The second kappa shape index (κ2) is 10.1. The fourth-order valence-electron chi connectivity index (χ4n) is 2.79. The number of carbonyl (C=O) groups is 1. The maximum atomic E-state index is 12.6. The minimum atomic E-state index is -0.669. The van der Waals surface area contributed by atoms with Gasteiger partial charge in [-0.25, -0.2) is 0 Å². The maximum Gasteiger partial charge on any atom is 0.280 e. The Morgan fingerprint density at radius 2 is 1.83 bits per heavy atom. The molecular weight excluding hydrogens is 386 g/mol. The third kappa shape index (κ3) is 5.14. The Morgan fingerprint density at radius 1 is 1.23 bits per heavy atom. The molecule has 1 atom stereocenters. The second-order valence-electron chi connectivity index (χ2n) is 6.58. The van der Waals surface area contributed by atoms with E-state index in [1.807, 2.05) is 12.1 Å². The average molecular weight is 409 g/mol. The van der Waals surface area contributed by atoms with Crippen molar-refractivity contribution in [3.05, 3.63) is 63.2 Å². The lowest BCUT2D eigenvalue weighted by Crippen LogP contribution is -2.13. The van der Waals surface area contributed by atoms with Crippen LogP contribution >= 0.6 is 0 Å². The molecule has 0 aromatic heterocycles. The summed E-state index contributed by atoms with van der Waals surface area (Å²) >= 11 is 0. The zero-order chi connectivity index (χ0) is 22.3. The van der Waals surface area contributed by atoms with E-state index in [0.29, 0.717) is 11.6 Å². The second-order valence-corrected chi connectivity index (χ2v) is 6.58. The van der Waals surface area contributed by atoms with E-state index in [1.54, 1.807) is 18.2 Å². The van der Waals surface area contributed by atoms with Crippen LogP contribution in [0.3, 0.4) is 0 Å². The maximum absolute atomic E-state index is 12.6. The van der Waals surface area contributed by atoms with Crippen LogP contribution in [0, 0.1) is 21.4 Å². The number of rotatable bonds is 8. The zero-order valence-corrected chi connectivity index (χ0v) is 17.3. The highest BCUT2D eigenvalue weighted by Gasteiger charge is 2.20. The Labute approximate surface area is 174 Å². The molecule has 0 bridgehead atoms. The van der Waals surface area contributed by atoms with Gasteiger partial charge in [0.05, 0.1) is 30.8 Å². The number of hydrogen-bond acceptors (Lipinski definition) is 6. The number of nitriles is 1. The predicted molar refractivity (Wildman–Crippen MR) is 114 cm³/mol. The van der Waals surface area contributed by atoms with Crippen LogP contribution in [-0.2, 0) is 4.79 Å². The van der Waals surface area contributed by atoms with Gasteiger partial charge in [0.25, 0.3) is 11.6 Å².